The van der Waals surface area contributed by atoms with Gasteiger partial charge in [-0.1, -0.05) is 11.6 Å². The number of ether oxygens (including phenoxy) is 3. The summed E-state index contributed by atoms with van der Waals surface area (Å²) >= 11 is 6.34. The third kappa shape index (κ3) is 4.68. The minimum absolute atomic E-state index is 0.0392. The van der Waals surface area contributed by atoms with Crippen molar-refractivity contribution in [1.82, 2.24) is 5.32 Å². The Morgan fingerprint density at radius 3 is 2.67 bits per heavy atom. The largest absolute Gasteiger partial charge is 0.489 e. The average molecular weight is 395 g/mol. The first-order valence-electron chi connectivity index (χ1n) is 9.94. The van der Waals surface area contributed by atoms with Crippen LogP contribution in [0.2, 0.25) is 5.02 Å². The molecule has 1 aromatic rings. The minimum Gasteiger partial charge on any atom is -0.489 e. The monoisotopic (exact) mass is 394 g/mol. The van der Waals surface area contributed by atoms with Crippen molar-refractivity contribution >= 4 is 23.3 Å². The van der Waals surface area contributed by atoms with Crippen LogP contribution in [0.1, 0.15) is 51.4 Å². The van der Waals surface area contributed by atoms with E-state index in [1.807, 2.05) is 12.1 Å². The Hall–Kier alpha value is -1.50. The molecule has 0 bridgehead atoms. The number of hydrogen-bond acceptors (Lipinski definition) is 4. The zero-order chi connectivity index (χ0) is 18.7. The van der Waals surface area contributed by atoms with E-state index in [4.69, 9.17) is 25.8 Å². The number of carbonyl (C=O) groups is 1. The van der Waals surface area contributed by atoms with Gasteiger partial charge in [-0.25, -0.2) is 4.79 Å². The van der Waals surface area contributed by atoms with E-state index in [1.165, 1.54) is 12.8 Å². The van der Waals surface area contributed by atoms with Crippen molar-refractivity contribution in [2.45, 2.75) is 69.3 Å². The maximum atomic E-state index is 12.4. The summed E-state index contributed by atoms with van der Waals surface area (Å²) in [6.45, 7) is 1.26. The first kappa shape index (κ1) is 18.8. The highest BCUT2D eigenvalue weighted by atomic mass is 35.5. The lowest BCUT2D eigenvalue weighted by atomic mass is 9.90. The second kappa shape index (κ2) is 8.25. The van der Waals surface area contributed by atoms with Gasteiger partial charge in [0, 0.05) is 24.6 Å². The Bertz CT molecular complexity index is 672. The van der Waals surface area contributed by atoms with E-state index < -0.39 is 5.79 Å². The summed E-state index contributed by atoms with van der Waals surface area (Å²) in [7, 11) is 0. The van der Waals surface area contributed by atoms with Crippen molar-refractivity contribution in [2.24, 2.45) is 0 Å². The third-order valence-electron chi connectivity index (χ3n) is 5.60. The molecule has 6 nitrogen and oxygen atoms in total. The van der Waals surface area contributed by atoms with Crippen molar-refractivity contribution in [3.8, 4) is 5.75 Å². The van der Waals surface area contributed by atoms with E-state index in [1.54, 1.807) is 6.07 Å². The number of hydrogen-bond donors (Lipinski definition) is 2. The van der Waals surface area contributed by atoms with Crippen molar-refractivity contribution < 1.29 is 19.0 Å². The predicted octanol–water partition coefficient (Wildman–Crippen LogP) is 4.47. The molecule has 0 radical (unpaired) electrons. The summed E-state index contributed by atoms with van der Waals surface area (Å²) in [6, 6.07) is 5.18. The van der Waals surface area contributed by atoms with E-state index in [9.17, 15) is 4.79 Å². The van der Waals surface area contributed by atoms with Gasteiger partial charge in [-0.2, -0.15) is 0 Å². The van der Waals surface area contributed by atoms with Gasteiger partial charge >= 0.3 is 6.03 Å². The molecule has 3 fully saturated rings. The van der Waals surface area contributed by atoms with E-state index >= 15 is 0 Å². The molecule has 2 aliphatic carbocycles. The predicted molar refractivity (Wildman–Crippen MR) is 103 cm³/mol. The first-order chi connectivity index (χ1) is 13.1. The Morgan fingerprint density at radius 1 is 1.15 bits per heavy atom. The van der Waals surface area contributed by atoms with Crippen LogP contribution in [0, 0.1) is 0 Å². The second-order valence-electron chi connectivity index (χ2n) is 7.67. The molecule has 0 aromatic heterocycles. The van der Waals surface area contributed by atoms with E-state index in [-0.39, 0.29) is 18.2 Å². The fraction of sp³-hybridized carbons (Fsp3) is 0.650. The average Bonchev–Trinajstić information content (AvgIpc) is 3.30. The molecule has 27 heavy (non-hydrogen) atoms. The maximum Gasteiger partial charge on any atom is 0.319 e. The van der Waals surface area contributed by atoms with Crippen molar-refractivity contribution in [3.05, 3.63) is 23.2 Å². The molecule has 4 rings (SSSR count). The Balaban J connectivity index is 1.30. The van der Waals surface area contributed by atoms with Gasteiger partial charge in [0.25, 0.3) is 0 Å². The minimum atomic E-state index is -0.501. The number of urea groups is 1. The fourth-order valence-electron chi connectivity index (χ4n) is 4.29. The molecule has 1 atom stereocenters. The number of nitrogens with one attached hydrogen (secondary N) is 2. The number of halogens is 1. The van der Waals surface area contributed by atoms with Crippen molar-refractivity contribution in [1.29, 1.82) is 0 Å². The third-order valence-corrected chi connectivity index (χ3v) is 5.90. The molecule has 1 heterocycles. The van der Waals surface area contributed by atoms with Gasteiger partial charge < -0.3 is 24.8 Å². The van der Waals surface area contributed by atoms with Crippen LogP contribution in [-0.4, -0.2) is 37.2 Å². The highest BCUT2D eigenvalue weighted by Gasteiger charge is 2.41. The smallest absolute Gasteiger partial charge is 0.319 e. The Labute approximate surface area is 164 Å². The number of carbonyl (C=O) groups excluding carboxylic acids is 1. The molecule has 1 aromatic carbocycles. The van der Waals surface area contributed by atoms with Crippen LogP contribution < -0.4 is 15.4 Å². The number of rotatable bonds is 4. The number of amides is 2. The highest BCUT2D eigenvalue weighted by Crippen LogP contribution is 2.36. The summed E-state index contributed by atoms with van der Waals surface area (Å²) < 4.78 is 17.5. The molecule has 148 valence electrons. The quantitative estimate of drug-likeness (QED) is 0.790. The molecule has 0 unspecified atom stereocenters. The van der Waals surface area contributed by atoms with Gasteiger partial charge in [0.1, 0.15) is 5.75 Å². The lowest BCUT2D eigenvalue weighted by Gasteiger charge is -2.36. The maximum absolute atomic E-state index is 12.4. The van der Waals surface area contributed by atoms with E-state index in [0.29, 0.717) is 36.1 Å². The first-order valence-corrected chi connectivity index (χ1v) is 10.3. The van der Waals surface area contributed by atoms with Crippen LogP contribution in [0.3, 0.4) is 0 Å². The van der Waals surface area contributed by atoms with Gasteiger partial charge in [0.15, 0.2) is 5.79 Å². The Kier molecular flexibility index (Phi) is 5.76. The van der Waals surface area contributed by atoms with Crippen LogP contribution in [0.5, 0.6) is 5.75 Å². The second-order valence-corrected chi connectivity index (χ2v) is 8.08. The van der Waals surface area contributed by atoms with Crippen molar-refractivity contribution in [2.75, 3.05) is 18.5 Å². The van der Waals surface area contributed by atoms with E-state index in [2.05, 4.69) is 10.6 Å². The topological polar surface area (TPSA) is 68.8 Å². The summed E-state index contributed by atoms with van der Waals surface area (Å²) in [4.78, 5) is 12.4. The molecule has 2 saturated carbocycles. The summed E-state index contributed by atoms with van der Waals surface area (Å²) in [5, 5.41) is 6.40. The molecule has 2 N–H and O–H groups in total. The molecule has 2 amide bonds. The standard InChI is InChI=1S/C20H27ClN2O4/c21-17-12-14(7-8-18(17)27-16-5-1-2-6-16)22-19(24)23-15-4-3-9-20(13-15)25-10-11-26-20/h7-8,12,15-16H,1-6,9-11,13H2,(H2,22,23,24)/t15-/m0/s1. The highest BCUT2D eigenvalue weighted by molar-refractivity contribution is 6.32. The molecule has 1 spiro atoms. The molecular formula is C20H27ClN2O4. The van der Waals surface area contributed by atoms with Crippen LogP contribution in [-0.2, 0) is 9.47 Å². The van der Waals surface area contributed by atoms with Gasteiger partial charge in [-0.15, -0.1) is 0 Å². The van der Waals surface area contributed by atoms with Gasteiger partial charge in [0.2, 0.25) is 0 Å². The zero-order valence-electron chi connectivity index (χ0n) is 15.5. The lowest BCUT2D eigenvalue weighted by molar-refractivity contribution is -0.180. The van der Waals surface area contributed by atoms with Gasteiger partial charge in [-0.3, -0.25) is 0 Å². The summed E-state index contributed by atoms with van der Waals surface area (Å²) in [5.41, 5.74) is 0.648. The van der Waals surface area contributed by atoms with Crippen LogP contribution in [0.25, 0.3) is 0 Å². The van der Waals surface area contributed by atoms with E-state index in [0.717, 1.165) is 32.1 Å². The normalized spacial score (nSPS) is 24.9. The molecular weight excluding hydrogens is 368 g/mol. The molecule has 1 aliphatic heterocycles. The van der Waals surface area contributed by atoms with Crippen molar-refractivity contribution in [3.63, 3.8) is 0 Å². The summed E-state index contributed by atoms with van der Waals surface area (Å²) in [6.07, 6.45) is 8.31. The lowest BCUT2D eigenvalue weighted by Crippen LogP contribution is -2.47. The summed E-state index contributed by atoms with van der Waals surface area (Å²) in [5.74, 6) is 0.179. The molecule has 7 heteroatoms. The Morgan fingerprint density at radius 2 is 1.93 bits per heavy atom. The SMILES string of the molecule is O=C(Nc1ccc(OC2CCCC2)c(Cl)c1)N[C@H]1CCCC2(C1)OCCO2. The van der Waals surface area contributed by atoms with Crippen LogP contribution >= 0.6 is 11.6 Å². The van der Waals surface area contributed by atoms with Crippen LogP contribution in [0.15, 0.2) is 18.2 Å². The zero-order valence-corrected chi connectivity index (χ0v) is 16.2. The van der Waals surface area contributed by atoms with Crippen LogP contribution in [0.4, 0.5) is 10.5 Å². The number of benzene rings is 1. The number of anilines is 1. The molecule has 1 saturated heterocycles. The van der Waals surface area contributed by atoms with Gasteiger partial charge in [0.05, 0.1) is 24.3 Å². The van der Waals surface area contributed by atoms with Gasteiger partial charge in [-0.05, 0) is 56.7 Å². The fourth-order valence-corrected chi connectivity index (χ4v) is 4.52. The molecule has 3 aliphatic rings.